The van der Waals surface area contributed by atoms with E-state index in [0.717, 1.165) is 79.7 Å². The van der Waals surface area contributed by atoms with Crippen molar-refractivity contribution in [1.82, 2.24) is 14.9 Å². The molecule has 0 spiro atoms. The zero-order chi connectivity index (χ0) is 27.0. The van der Waals surface area contributed by atoms with Crippen LogP contribution in [0.4, 0.5) is 11.8 Å². The number of benzene rings is 1. The molecular formula is C29H39Cl2N5O2. The maximum atomic E-state index is 11.2. The number of piperidine rings is 2. The molecule has 206 valence electrons. The van der Waals surface area contributed by atoms with Crippen molar-refractivity contribution in [3.63, 3.8) is 0 Å². The second-order valence-corrected chi connectivity index (χ2v) is 12.3. The third-order valence-electron chi connectivity index (χ3n) is 8.94. The number of halogens is 2. The Morgan fingerprint density at radius 2 is 1.82 bits per heavy atom. The summed E-state index contributed by atoms with van der Waals surface area (Å²) in [6.45, 7) is 10.1. The number of nitrogens with one attached hydrogen (secondary N) is 1. The Balaban J connectivity index is 1.20. The van der Waals surface area contributed by atoms with Gasteiger partial charge in [0.1, 0.15) is 5.02 Å². The first kappa shape index (κ1) is 27.5. The van der Waals surface area contributed by atoms with Gasteiger partial charge in [0.15, 0.2) is 5.82 Å². The van der Waals surface area contributed by atoms with Crippen molar-refractivity contribution in [2.45, 2.75) is 71.4 Å². The summed E-state index contributed by atoms with van der Waals surface area (Å²) in [5.41, 5.74) is 2.91. The van der Waals surface area contributed by atoms with Crippen LogP contribution >= 0.6 is 23.2 Å². The van der Waals surface area contributed by atoms with Gasteiger partial charge in [-0.25, -0.2) is 4.98 Å². The predicted molar refractivity (Wildman–Crippen MR) is 153 cm³/mol. The van der Waals surface area contributed by atoms with Crippen LogP contribution in [0.3, 0.4) is 0 Å². The van der Waals surface area contributed by atoms with E-state index in [2.05, 4.69) is 28.1 Å². The summed E-state index contributed by atoms with van der Waals surface area (Å²) in [5, 5.41) is 14.0. The summed E-state index contributed by atoms with van der Waals surface area (Å²) in [4.78, 5) is 25.7. The Morgan fingerprint density at radius 1 is 1.08 bits per heavy atom. The predicted octanol–water partition coefficient (Wildman–Crippen LogP) is 6.36. The molecule has 3 aliphatic rings. The lowest BCUT2D eigenvalue weighted by atomic mass is 9.75. The fourth-order valence-electron chi connectivity index (χ4n) is 6.46. The van der Waals surface area contributed by atoms with Crippen LogP contribution in [0, 0.1) is 31.6 Å². The summed E-state index contributed by atoms with van der Waals surface area (Å²) < 4.78 is 0. The van der Waals surface area contributed by atoms with Crippen molar-refractivity contribution in [3.05, 3.63) is 45.1 Å². The van der Waals surface area contributed by atoms with Crippen LogP contribution in [0.1, 0.15) is 68.3 Å². The van der Waals surface area contributed by atoms with Gasteiger partial charge in [-0.2, -0.15) is 4.98 Å². The van der Waals surface area contributed by atoms with Gasteiger partial charge in [-0.15, -0.1) is 0 Å². The van der Waals surface area contributed by atoms with E-state index in [4.69, 9.17) is 33.2 Å². The number of likely N-dealkylation sites (tertiary alicyclic amines) is 1. The molecule has 38 heavy (non-hydrogen) atoms. The van der Waals surface area contributed by atoms with Gasteiger partial charge in [-0.05, 0) is 94.9 Å². The fraction of sp³-hybridized carbons (Fsp3) is 0.621. The van der Waals surface area contributed by atoms with Crippen molar-refractivity contribution >= 4 is 40.9 Å². The van der Waals surface area contributed by atoms with Crippen molar-refractivity contribution in [1.29, 1.82) is 0 Å². The molecule has 2 aromatic rings. The fourth-order valence-corrected chi connectivity index (χ4v) is 7.00. The van der Waals surface area contributed by atoms with Gasteiger partial charge >= 0.3 is 5.97 Å². The first-order chi connectivity index (χ1) is 18.2. The number of rotatable bonds is 7. The van der Waals surface area contributed by atoms with Crippen molar-refractivity contribution in [3.8, 4) is 0 Å². The van der Waals surface area contributed by atoms with E-state index in [0.29, 0.717) is 28.7 Å². The third-order valence-corrected chi connectivity index (χ3v) is 9.72. The SMILES string of the molecule is Cc1ccc([C@@H](C)Nc2nc(N3CCC(C4CCCN(C5CC(C(=O)O)C5)C4)CC3)nc(C)c2Cl)c(Cl)c1. The lowest BCUT2D eigenvalue weighted by Crippen LogP contribution is -2.52. The van der Waals surface area contributed by atoms with Gasteiger partial charge in [0.05, 0.1) is 17.7 Å². The zero-order valence-electron chi connectivity index (χ0n) is 22.6. The molecule has 2 aliphatic heterocycles. The summed E-state index contributed by atoms with van der Waals surface area (Å²) in [5.74, 6) is 1.99. The minimum Gasteiger partial charge on any atom is -0.481 e. The molecule has 1 unspecified atom stereocenters. The van der Waals surface area contributed by atoms with Crippen LogP contribution in [0.25, 0.3) is 0 Å². The molecule has 2 saturated heterocycles. The second kappa shape index (κ2) is 11.6. The standard InChI is InChI=1S/C29H39Cl2N5O2/c1-17-6-7-24(25(30)13-17)18(2)32-27-26(31)19(3)33-29(34-27)35-11-8-20(9-12-35)21-5-4-10-36(16-21)23-14-22(15-23)28(37)38/h6-7,13,18,20-23H,4-5,8-12,14-16H2,1-3H3,(H,37,38)(H,32,33,34)/t18-,21?,22?,23?/m1/s1. The van der Waals surface area contributed by atoms with Crippen molar-refractivity contribution < 1.29 is 9.90 Å². The number of anilines is 2. The number of aromatic nitrogens is 2. The average molecular weight is 561 g/mol. The Bertz CT molecular complexity index is 1160. The van der Waals surface area contributed by atoms with E-state index in [1.54, 1.807) is 0 Å². The monoisotopic (exact) mass is 559 g/mol. The maximum absolute atomic E-state index is 11.2. The Kier molecular flexibility index (Phi) is 8.36. The molecule has 1 saturated carbocycles. The highest BCUT2D eigenvalue weighted by molar-refractivity contribution is 6.33. The summed E-state index contributed by atoms with van der Waals surface area (Å²) >= 11 is 13.1. The Morgan fingerprint density at radius 3 is 2.50 bits per heavy atom. The molecule has 1 aliphatic carbocycles. The molecule has 1 aromatic heterocycles. The van der Waals surface area contributed by atoms with Gasteiger partial charge < -0.3 is 20.2 Å². The lowest BCUT2D eigenvalue weighted by Gasteiger charge is -2.47. The molecule has 3 fully saturated rings. The van der Waals surface area contributed by atoms with Crippen LogP contribution in [-0.2, 0) is 4.79 Å². The van der Waals surface area contributed by atoms with Crippen LogP contribution < -0.4 is 10.2 Å². The number of hydrogen-bond donors (Lipinski definition) is 2. The van der Waals surface area contributed by atoms with Gasteiger partial charge in [-0.3, -0.25) is 4.79 Å². The Labute approximate surface area is 235 Å². The molecule has 0 bridgehead atoms. The minimum atomic E-state index is -0.631. The van der Waals surface area contributed by atoms with E-state index in [-0.39, 0.29) is 12.0 Å². The second-order valence-electron chi connectivity index (χ2n) is 11.5. The highest BCUT2D eigenvalue weighted by atomic mass is 35.5. The molecule has 3 heterocycles. The molecule has 0 radical (unpaired) electrons. The Hall–Kier alpha value is -2.09. The van der Waals surface area contributed by atoms with Gasteiger partial charge in [-0.1, -0.05) is 35.3 Å². The van der Waals surface area contributed by atoms with Gasteiger partial charge in [0.2, 0.25) is 5.95 Å². The number of carboxylic acid groups (broad SMARTS) is 1. The average Bonchev–Trinajstić information content (AvgIpc) is 2.86. The number of hydrogen-bond acceptors (Lipinski definition) is 6. The topological polar surface area (TPSA) is 81.6 Å². The number of aliphatic carboxylic acids is 1. The molecule has 7 nitrogen and oxygen atoms in total. The number of aryl methyl sites for hydroxylation is 2. The highest BCUT2D eigenvalue weighted by Gasteiger charge is 2.40. The van der Waals surface area contributed by atoms with E-state index >= 15 is 0 Å². The summed E-state index contributed by atoms with van der Waals surface area (Å²) in [7, 11) is 0. The largest absolute Gasteiger partial charge is 0.481 e. The molecule has 2 atom stereocenters. The summed E-state index contributed by atoms with van der Waals surface area (Å²) in [6, 6.07) is 6.50. The number of carboxylic acids is 1. The first-order valence-electron chi connectivity index (χ1n) is 14.0. The smallest absolute Gasteiger partial charge is 0.306 e. The van der Waals surface area contributed by atoms with E-state index < -0.39 is 5.97 Å². The number of nitrogens with zero attached hydrogens (tertiary/aromatic N) is 4. The molecule has 0 amide bonds. The zero-order valence-corrected chi connectivity index (χ0v) is 24.1. The third kappa shape index (κ3) is 5.90. The van der Waals surface area contributed by atoms with E-state index in [1.807, 2.05) is 26.0 Å². The molecular weight excluding hydrogens is 521 g/mol. The van der Waals surface area contributed by atoms with Crippen molar-refractivity contribution in [2.75, 3.05) is 36.4 Å². The molecule has 2 N–H and O–H groups in total. The van der Waals surface area contributed by atoms with Gasteiger partial charge in [0.25, 0.3) is 0 Å². The number of carbonyl (C=O) groups is 1. The van der Waals surface area contributed by atoms with E-state index in [9.17, 15) is 9.90 Å². The van der Waals surface area contributed by atoms with Crippen molar-refractivity contribution in [2.24, 2.45) is 17.8 Å². The van der Waals surface area contributed by atoms with Crippen LogP contribution in [-0.4, -0.2) is 58.2 Å². The molecule has 9 heteroatoms. The first-order valence-corrected chi connectivity index (χ1v) is 14.7. The molecule has 5 rings (SSSR count). The maximum Gasteiger partial charge on any atom is 0.306 e. The van der Waals surface area contributed by atoms with Crippen LogP contribution in [0.15, 0.2) is 18.2 Å². The minimum absolute atomic E-state index is 0.0517. The van der Waals surface area contributed by atoms with Crippen LogP contribution in [0.2, 0.25) is 10.0 Å². The lowest BCUT2D eigenvalue weighted by molar-refractivity contribution is -0.147. The normalized spacial score (nSPS) is 25.6. The van der Waals surface area contributed by atoms with Gasteiger partial charge in [0, 0.05) is 30.7 Å². The molecule has 1 aromatic carbocycles. The summed E-state index contributed by atoms with van der Waals surface area (Å²) in [6.07, 6.45) is 6.39. The van der Waals surface area contributed by atoms with E-state index in [1.165, 1.54) is 12.8 Å². The highest BCUT2D eigenvalue weighted by Crippen LogP contribution is 2.38. The quantitative estimate of drug-likeness (QED) is 0.408. The van der Waals surface area contributed by atoms with Crippen LogP contribution in [0.5, 0.6) is 0 Å².